The smallest absolute Gasteiger partial charge is 0.261 e. The Morgan fingerprint density at radius 1 is 1.17 bits per heavy atom. The Morgan fingerprint density at radius 3 is 2.43 bits per heavy atom. The third-order valence-electron chi connectivity index (χ3n) is 5.07. The number of ether oxygens (including phenoxy) is 1. The van der Waals surface area contributed by atoms with Crippen molar-refractivity contribution >= 4 is 23.4 Å². The highest BCUT2D eigenvalue weighted by molar-refractivity contribution is 6.23. The molecule has 0 aromatic heterocycles. The van der Waals surface area contributed by atoms with E-state index in [2.05, 4.69) is 20.4 Å². The van der Waals surface area contributed by atoms with Crippen LogP contribution >= 0.6 is 0 Å². The highest BCUT2D eigenvalue weighted by atomic mass is 16.5. The van der Waals surface area contributed by atoms with Crippen molar-refractivity contribution in [2.45, 2.75) is 32.2 Å². The maximum Gasteiger partial charge on any atom is 0.261 e. The monoisotopic (exact) mass is 406 g/mol. The predicted molar refractivity (Wildman–Crippen MR) is 115 cm³/mol. The molecule has 0 saturated carbocycles. The van der Waals surface area contributed by atoms with Crippen LogP contribution in [0.4, 0.5) is 5.69 Å². The fourth-order valence-electron chi connectivity index (χ4n) is 3.43. The van der Waals surface area contributed by atoms with E-state index >= 15 is 0 Å². The van der Waals surface area contributed by atoms with Crippen LogP contribution in [0.3, 0.4) is 0 Å². The maximum atomic E-state index is 13.1. The molecule has 0 bridgehead atoms. The quantitative estimate of drug-likeness (QED) is 0.497. The number of amides is 3. The number of rotatable bonds is 8. The van der Waals surface area contributed by atoms with Crippen LogP contribution in [0.15, 0.2) is 67.3 Å². The van der Waals surface area contributed by atoms with Crippen molar-refractivity contribution in [1.29, 1.82) is 0 Å². The fourth-order valence-corrected chi connectivity index (χ4v) is 3.43. The van der Waals surface area contributed by atoms with Gasteiger partial charge in [-0.3, -0.25) is 14.4 Å². The summed E-state index contributed by atoms with van der Waals surface area (Å²) in [6, 6.07) is 15.5. The molecule has 1 atom stereocenters. The van der Waals surface area contributed by atoms with Gasteiger partial charge in [0.1, 0.15) is 11.8 Å². The summed E-state index contributed by atoms with van der Waals surface area (Å²) in [4.78, 5) is 41.0. The predicted octanol–water partition coefficient (Wildman–Crippen LogP) is 3.54. The number of hydrogen-bond acceptors (Lipinski definition) is 4. The molecule has 0 radical (unpaired) electrons. The molecular formula is C24H26N2O4. The summed E-state index contributed by atoms with van der Waals surface area (Å²) in [5.41, 5.74) is 1.64. The summed E-state index contributed by atoms with van der Waals surface area (Å²) < 4.78 is 5.53. The second kappa shape index (κ2) is 9.39. The van der Waals surface area contributed by atoms with E-state index in [1.54, 1.807) is 24.3 Å². The zero-order valence-corrected chi connectivity index (χ0v) is 17.3. The highest BCUT2D eigenvalue weighted by Gasteiger charge is 2.44. The van der Waals surface area contributed by atoms with Crippen LogP contribution in [0.25, 0.3) is 0 Å². The summed E-state index contributed by atoms with van der Waals surface area (Å²) in [7, 11) is 0. The van der Waals surface area contributed by atoms with Crippen LogP contribution in [0.1, 0.15) is 31.7 Å². The largest absolute Gasteiger partial charge is 0.484 e. The van der Waals surface area contributed by atoms with Crippen molar-refractivity contribution in [2.75, 3.05) is 18.1 Å². The Bertz CT molecular complexity index is 922. The van der Waals surface area contributed by atoms with Gasteiger partial charge >= 0.3 is 0 Å². The molecule has 1 unspecified atom stereocenters. The molecule has 1 fully saturated rings. The molecule has 6 nitrogen and oxygen atoms in total. The van der Waals surface area contributed by atoms with Crippen LogP contribution in [0.5, 0.6) is 5.75 Å². The molecule has 1 saturated heterocycles. The standard InChI is InChI=1S/C24H26N2O4/c1-4-14-25(23(28)16-30-20-8-6-5-7-9-20)21-15-22(27)26(24(21)29)19-12-10-18(11-13-19)17(2)3/h4-13,17,21H,1,14-16H2,2-3H3. The average molecular weight is 406 g/mol. The van der Waals surface area contributed by atoms with E-state index < -0.39 is 11.9 Å². The van der Waals surface area contributed by atoms with Gasteiger partial charge in [-0.1, -0.05) is 50.3 Å². The number of anilines is 1. The summed E-state index contributed by atoms with van der Waals surface area (Å²) in [5.74, 6) is -0.200. The van der Waals surface area contributed by atoms with Crippen molar-refractivity contribution in [1.82, 2.24) is 4.90 Å². The van der Waals surface area contributed by atoms with Crippen LogP contribution in [-0.4, -0.2) is 41.8 Å². The van der Waals surface area contributed by atoms with E-state index in [0.717, 1.165) is 10.5 Å². The molecule has 1 heterocycles. The number of imide groups is 1. The summed E-state index contributed by atoms with van der Waals surface area (Å²) in [5, 5.41) is 0. The zero-order valence-electron chi connectivity index (χ0n) is 17.3. The first-order valence-corrected chi connectivity index (χ1v) is 9.97. The normalized spacial score (nSPS) is 16.1. The van der Waals surface area contributed by atoms with Crippen LogP contribution in [0.2, 0.25) is 0 Å². The number of carbonyl (C=O) groups excluding carboxylic acids is 3. The third kappa shape index (κ3) is 4.59. The van der Waals surface area contributed by atoms with E-state index in [9.17, 15) is 14.4 Å². The molecule has 3 amide bonds. The number of para-hydroxylation sites is 1. The molecule has 0 N–H and O–H groups in total. The molecule has 1 aliphatic rings. The molecule has 2 aromatic rings. The second-order valence-electron chi connectivity index (χ2n) is 7.47. The Labute approximate surface area is 176 Å². The number of nitrogens with zero attached hydrogens (tertiary/aromatic N) is 2. The van der Waals surface area contributed by atoms with Crippen molar-refractivity contribution in [3.05, 3.63) is 72.8 Å². The third-order valence-corrected chi connectivity index (χ3v) is 5.07. The van der Waals surface area contributed by atoms with E-state index in [-0.39, 0.29) is 31.4 Å². The van der Waals surface area contributed by atoms with Crippen molar-refractivity contribution in [2.24, 2.45) is 0 Å². The lowest BCUT2D eigenvalue weighted by Crippen LogP contribution is -2.47. The lowest BCUT2D eigenvalue weighted by Gasteiger charge is -2.26. The minimum atomic E-state index is -0.868. The molecule has 2 aromatic carbocycles. The molecule has 0 aliphatic carbocycles. The second-order valence-corrected chi connectivity index (χ2v) is 7.47. The molecular weight excluding hydrogens is 380 g/mol. The van der Waals surface area contributed by atoms with Gasteiger partial charge < -0.3 is 9.64 Å². The first-order chi connectivity index (χ1) is 14.4. The topological polar surface area (TPSA) is 66.9 Å². The van der Waals surface area contributed by atoms with Gasteiger partial charge in [-0.2, -0.15) is 0 Å². The molecule has 3 rings (SSSR count). The van der Waals surface area contributed by atoms with Crippen molar-refractivity contribution in [3.8, 4) is 5.75 Å². The number of hydrogen-bond donors (Lipinski definition) is 0. The van der Waals surface area contributed by atoms with Crippen molar-refractivity contribution in [3.63, 3.8) is 0 Å². The van der Waals surface area contributed by atoms with Gasteiger partial charge in [0, 0.05) is 6.54 Å². The summed E-state index contributed by atoms with van der Waals surface area (Å²) in [6.07, 6.45) is 1.48. The highest BCUT2D eigenvalue weighted by Crippen LogP contribution is 2.27. The lowest BCUT2D eigenvalue weighted by atomic mass is 10.0. The molecule has 1 aliphatic heterocycles. The van der Waals surface area contributed by atoms with Gasteiger partial charge in [-0.15, -0.1) is 6.58 Å². The van der Waals surface area contributed by atoms with Gasteiger partial charge in [-0.25, -0.2) is 4.90 Å². The number of carbonyl (C=O) groups is 3. The molecule has 0 spiro atoms. The fraction of sp³-hybridized carbons (Fsp3) is 0.292. The minimum absolute atomic E-state index is 0.0598. The van der Waals surface area contributed by atoms with Gasteiger partial charge in [-0.05, 0) is 35.7 Å². The molecule has 156 valence electrons. The van der Waals surface area contributed by atoms with Gasteiger partial charge in [0.25, 0.3) is 11.8 Å². The van der Waals surface area contributed by atoms with E-state index in [1.807, 2.05) is 30.3 Å². The van der Waals surface area contributed by atoms with Gasteiger partial charge in [0.05, 0.1) is 12.1 Å². The summed E-state index contributed by atoms with van der Waals surface area (Å²) >= 11 is 0. The summed E-state index contributed by atoms with van der Waals surface area (Å²) in [6.45, 7) is 7.76. The Morgan fingerprint density at radius 2 is 1.83 bits per heavy atom. The zero-order chi connectivity index (χ0) is 21.7. The lowest BCUT2D eigenvalue weighted by molar-refractivity contribution is -0.139. The molecule has 6 heteroatoms. The SMILES string of the molecule is C=CCN(C(=O)COc1ccccc1)C1CC(=O)N(c2ccc(C(C)C)cc2)C1=O. The van der Waals surface area contributed by atoms with Gasteiger partial charge in [0.15, 0.2) is 6.61 Å². The van der Waals surface area contributed by atoms with Gasteiger partial charge in [0.2, 0.25) is 5.91 Å². The average Bonchev–Trinajstić information content (AvgIpc) is 3.04. The Hall–Kier alpha value is -3.41. The van der Waals surface area contributed by atoms with Crippen molar-refractivity contribution < 1.29 is 19.1 Å². The van der Waals surface area contributed by atoms with E-state index in [4.69, 9.17) is 4.74 Å². The van der Waals surface area contributed by atoms with E-state index in [0.29, 0.717) is 17.4 Å². The first-order valence-electron chi connectivity index (χ1n) is 9.97. The molecule has 30 heavy (non-hydrogen) atoms. The number of benzene rings is 2. The first kappa shape index (κ1) is 21.3. The minimum Gasteiger partial charge on any atom is -0.484 e. The Kier molecular flexibility index (Phi) is 6.67. The Balaban J connectivity index is 1.75. The van der Waals surface area contributed by atoms with Crippen LogP contribution in [0, 0.1) is 0 Å². The van der Waals surface area contributed by atoms with Crippen LogP contribution < -0.4 is 9.64 Å². The maximum absolute atomic E-state index is 13.1. The van der Waals surface area contributed by atoms with Crippen LogP contribution in [-0.2, 0) is 14.4 Å². The van der Waals surface area contributed by atoms with E-state index in [1.165, 1.54) is 11.0 Å².